The first-order valence-electron chi connectivity index (χ1n) is 7.65. The van der Waals surface area contributed by atoms with Crippen molar-refractivity contribution in [3.05, 3.63) is 18.3 Å². The maximum Gasteiger partial charge on any atom is 0.410 e. The van der Waals surface area contributed by atoms with Crippen LogP contribution in [0.4, 0.5) is 16.3 Å². The maximum atomic E-state index is 12.2. The van der Waals surface area contributed by atoms with E-state index in [9.17, 15) is 4.79 Å². The number of aromatic nitrogens is 1. The van der Waals surface area contributed by atoms with Gasteiger partial charge in [0, 0.05) is 25.2 Å². The predicted octanol–water partition coefficient (Wildman–Crippen LogP) is 2.50. The minimum absolute atomic E-state index is 0.182. The van der Waals surface area contributed by atoms with Crippen molar-refractivity contribution in [3.8, 4) is 0 Å². The van der Waals surface area contributed by atoms with Crippen LogP contribution in [0.3, 0.4) is 0 Å². The lowest BCUT2D eigenvalue weighted by Crippen LogP contribution is -2.58. The first-order valence-corrected chi connectivity index (χ1v) is 7.65. The molecule has 2 atom stereocenters. The number of piperazine rings is 1. The molecule has 0 spiro atoms. The number of nitrogens with two attached hydrogens (primary N) is 1. The van der Waals surface area contributed by atoms with Crippen LogP contribution in [0.25, 0.3) is 0 Å². The van der Waals surface area contributed by atoms with Crippen molar-refractivity contribution in [1.29, 1.82) is 0 Å². The molecular weight excluding hydrogens is 280 g/mol. The lowest BCUT2D eigenvalue weighted by atomic mass is 10.1. The summed E-state index contributed by atoms with van der Waals surface area (Å²) in [6.45, 7) is 11.1. The van der Waals surface area contributed by atoms with Crippen LogP contribution in [0.1, 0.15) is 34.6 Å². The summed E-state index contributed by atoms with van der Waals surface area (Å²) in [7, 11) is 0. The summed E-state index contributed by atoms with van der Waals surface area (Å²) < 4.78 is 5.47. The van der Waals surface area contributed by atoms with Gasteiger partial charge in [-0.15, -0.1) is 0 Å². The summed E-state index contributed by atoms with van der Waals surface area (Å²) >= 11 is 0. The highest BCUT2D eigenvalue weighted by Crippen LogP contribution is 2.25. The molecule has 0 aliphatic carbocycles. The lowest BCUT2D eigenvalue weighted by molar-refractivity contribution is 0.0193. The zero-order chi connectivity index (χ0) is 16.5. The molecule has 1 aromatic heterocycles. The standard InChI is InChI=1S/C16H26N4O2/c1-11-9-19(15(21)22-16(3,4)5)10-12(2)20(11)13-6-7-14(17)18-8-13/h6-8,11-12H,9-10H2,1-5H3,(H2,17,18)/t11-,12-/m0/s1. The molecular formula is C16H26N4O2. The molecule has 1 aliphatic rings. The Hall–Kier alpha value is -1.98. The Labute approximate surface area is 132 Å². The van der Waals surface area contributed by atoms with Gasteiger partial charge in [0.15, 0.2) is 0 Å². The minimum Gasteiger partial charge on any atom is -0.444 e. The Morgan fingerprint density at radius 2 is 1.86 bits per heavy atom. The molecule has 1 aliphatic heterocycles. The van der Waals surface area contributed by atoms with Gasteiger partial charge in [-0.05, 0) is 46.8 Å². The number of hydrogen-bond acceptors (Lipinski definition) is 5. The first-order chi connectivity index (χ1) is 10.2. The number of rotatable bonds is 1. The second-order valence-corrected chi connectivity index (χ2v) is 6.93. The number of nitrogens with zero attached hydrogens (tertiary/aromatic N) is 3. The highest BCUT2D eigenvalue weighted by molar-refractivity contribution is 5.69. The van der Waals surface area contributed by atoms with Crippen LogP contribution in [0.2, 0.25) is 0 Å². The van der Waals surface area contributed by atoms with Crippen LogP contribution < -0.4 is 10.6 Å². The molecule has 2 rings (SSSR count). The molecule has 0 bridgehead atoms. The van der Waals surface area contributed by atoms with E-state index in [1.165, 1.54) is 0 Å². The van der Waals surface area contributed by atoms with Gasteiger partial charge in [-0.25, -0.2) is 9.78 Å². The fourth-order valence-electron chi connectivity index (χ4n) is 2.86. The van der Waals surface area contributed by atoms with Crippen LogP contribution in [-0.4, -0.2) is 46.8 Å². The Morgan fingerprint density at radius 3 is 2.32 bits per heavy atom. The lowest BCUT2D eigenvalue weighted by Gasteiger charge is -2.45. The Bertz CT molecular complexity index is 512. The van der Waals surface area contributed by atoms with Crippen molar-refractivity contribution >= 4 is 17.6 Å². The molecule has 1 amide bonds. The van der Waals surface area contributed by atoms with Gasteiger partial charge in [-0.3, -0.25) is 0 Å². The van der Waals surface area contributed by atoms with E-state index < -0.39 is 5.60 Å². The molecule has 6 heteroatoms. The SMILES string of the molecule is C[C@H]1CN(C(=O)OC(C)(C)C)C[C@H](C)N1c1ccc(N)nc1. The number of anilines is 2. The molecule has 22 heavy (non-hydrogen) atoms. The third-order valence-corrected chi connectivity index (χ3v) is 3.64. The van der Waals surface area contributed by atoms with Crippen molar-refractivity contribution in [2.24, 2.45) is 0 Å². The van der Waals surface area contributed by atoms with Crippen molar-refractivity contribution in [1.82, 2.24) is 9.88 Å². The number of pyridine rings is 1. The van der Waals surface area contributed by atoms with E-state index in [0.29, 0.717) is 18.9 Å². The quantitative estimate of drug-likeness (QED) is 0.863. The zero-order valence-corrected chi connectivity index (χ0v) is 14.0. The van der Waals surface area contributed by atoms with E-state index >= 15 is 0 Å². The number of ether oxygens (including phenoxy) is 1. The first kappa shape index (κ1) is 16.4. The molecule has 0 aromatic carbocycles. The second-order valence-electron chi connectivity index (χ2n) is 6.93. The summed E-state index contributed by atoms with van der Waals surface area (Å²) in [5.41, 5.74) is 6.20. The van der Waals surface area contributed by atoms with E-state index in [1.54, 1.807) is 17.2 Å². The van der Waals surface area contributed by atoms with Crippen LogP contribution in [0, 0.1) is 0 Å². The van der Waals surface area contributed by atoms with E-state index in [-0.39, 0.29) is 18.2 Å². The van der Waals surface area contributed by atoms with Crippen LogP contribution in [0.15, 0.2) is 18.3 Å². The van der Waals surface area contributed by atoms with Crippen LogP contribution in [-0.2, 0) is 4.74 Å². The Kier molecular flexibility index (Phi) is 4.49. The molecule has 1 saturated heterocycles. The summed E-state index contributed by atoms with van der Waals surface area (Å²) in [6.07, 6.45) is 1.53. The van der Waals surface area contributed by atoms with Gasteiger partial charge < -0.3 is 20.3 Å². The van der Waals surface area contributed by atoms with Crippen LogP contribution in [0.5, 0.6) is 0 Å². The average Bonchev–Trinajstić information content (AvgIpc) is 2.38. The monoisotopic (exact) mass is 306 g/mol. The molecule has 0 saturated carbocycles. The summed E-state index contributed by atoms with van der Waals surface area (Å²) in [5.74, 6) is 0.511. The normalized spacial score (nSPS) is 22.6. The van der Waals surface area contributed by atoms with Gasteiger partial charge in [-0.1, -0.05) is 0 Å². The predicted molar refractivity (Wildman–Crippen MR) is 87.9 cm³/mol. The summed E-state index contributed by atoms with van der Waals surface area (Å²) in [6, 6.07) is 4.14. The molecule has 122 valence electrons. The summed E-state index contributed by atoms with van der Waals surface area (Å²) in [5, 5.41) is 0. The van der Waals surface area contributed by atoms with Gasteiger partial charge in [0.05, 0.1) is 11.9 Å². The van der Waals surface area contributed by atoms with Crippen molar-refractivity contribution in [2.75, 3.05) is 23.7 Å². The zero-order valence-electron chi connectivity index (χ0n) is 14.0. The Balaban J connectivity index is 2.09. The van der Waals surface area contributed by atoms with E-state index in [2.05, 4.69) is 23.7 Å². The molecule has 2 heterocycles. The van der Waals surface area contributed by atoms with Crippen LogP contribution >= 0.6 is 0 Å². The molecule has 0 unspecified atom stereocenters. The van der Waals surface area contributed by atoms with E-state index in [0.717, 1.165) is 5.69 Å². The van der Waals surface area contributed by atoms with Crippen molar-refractivity contribution < 1.29 is 9.53 Å². The third-order valence-electron chi connectivity index (χ3n) is 3.64. The van der Waals surface area contributed by atoms with Gasteiger partial charge in [-0.2, -0.15) is 0 Å². The largest absolute Gasteiger partial charge is 0.444 e. The molecule has 6 nitrogen and oxygen atoms in total. The number of nitrogen functional groups attached to an aromatic ring is 1. The molecule has 2 N–H and O–H groups in total. The third kappa shape index (κ3) is 3.81. The van der Waals surface area contributed by atoms with Gasteiger partial charge in [0.25, 0.3) is 0 Å². The number of carbonyl (C=O) groups is 1. The highest BCUT2D eigenvalue weighted by atomic mass is 16.6. The van der Waals surface area contributed by atoms with Gasteiger partial charge in [0.1, 0.15) is 11.4 Å². The molecule has 1 fully saturated rings. The Morgan fingerprint density at radius 1 is 1.27 bits per heavy atom. The highest BCUT2D eigenvalue weighted by Gasteiger charge is 2.34. The average molecular weight is 306 g/mol. The van der Waals surface area contributed by atoms with Gasteiger partial charge in [0.2, 0.25) is 0 Å². The fraction of sp³-hybridized carbons (Fsp3) is 0.625. The van der Waals surface area contributed by atoms with E-state index in [4.69, 9.17) is 10.5 Å². The minimum atomic E-state index is -0.471. The van der Waals surface area contributed by atoms with Crippen molar-refractivity contribution in [3.63, 3.8) is 0 Å². The summed E-state index contributed by atoms with van der Waals surface area (Å²) in [4.78, 5) is 20.5. The van der Waals surface area contributed by atoms with E-state index in [1.807, 2.05) is 26.8 Å². The number of carbonyl (C=O) groups excluding carboxylic acids is 1. The molecule has 0 radical (unpaired) electrons. The fourth-order valence-corrected chi connectivity index (χ4v) is 2.86. The second kappa shape index (κ2) is 6.02. The number of hydrogen-bond donors (Lipinski definition) is 1. The number of amides is 1. The topological polar surface area (TPSA) is 71.7 Å². The van der Waals surface area contributed by atoms with Gasteiger partial charge >= 0.3 is 6.09 Å². The van der Waals surface area contributed by atoms with Crippen molar-refractivity contribution in [2.45, 2.75) is 52.3 Å². The smallest absolute Gasteiger partial charge is 0.410 e. The molecule has 1 aromatic rings. The maximum absolute atomic E-state index is 12.2.